The van der Waals surface area contributed by atoms with Crippen LogP contribution >= 0.6 is 0 Å². The zero-order chi connectivity index (χ0) is 17.8. The van der Waals surface area contributed by atoms with Gasteiger partial charge in [0.05, 0.1) is 0 Å². The second-order valence-electron chi connectivity index (χ2n) is 6.54. The first-order valence-corrected chi connectivity index (χ1v) is 8.51. The van der Waals surface area contributed by atoms with Crippen molar-refractivity contribution in [2.24, 2.45) is 11.8 Å². The number of carbonyl (C=O) groups is 2. The van der Waals surface area contributed by atoms with Gasteiger partial charge >= 0.3 is 0 Å². The molecule has 0 saturated heterocycles. The highest BCUT2D eigenvalue weighted by molar-refractivity contribution is 6.00. The van der Waals surface area contributed by atoms with E-state index < -0.39 is 0 Å². The van der Waals surface area contributed by atoms with Gasteiger partial charge in [-0.15, -0.1) is 0 Å². The molecule has 1 aromatic heterocycles. The Morgan fingerprint density at radius 2 is 1.96 bits per heavy atom. The first-order chi connectivity index (χ1) is 12.1. The Morgan fingerprint density at radius 3 is 2.60 bits per heavy atom. The quantitative estimate of drug-likeness (QED) is 0.759. The van der Waals surface area contributed by atoms with Crippen LogP contribution in [0.3, 0.4) is 0 Å². The van der Waals surface area contributed by atoms with E-state index in [4.69, 9.17) is 5.11 Å². The lowest BCUT2D eigenvalue weighted by Crippen LogP contribution is -2.20. The standard InChI is InChI=1S/C20H22N2O3/c1-21-20(25)18-10-15(19(24)11-14-8-16(14)12-23)9-17(22-18)7-13-5-3-2-4-6-13/h2-6,9-10,14,16,23H,7-8,11-12H2,1H3,(H,21,25)/t14-,16-/m1/s1. The van der Waals surface area contributed by atoms with Gasteiger partial charge in [-0.2, -0.15) is 0 Å². The molecule has 0 spiro atoms. The van der Waals surface area contributed by atoms with Gasteiger partial charge in [0, 0.05) is 37.8 Å². The predicted molar refractivity (Wildman–Crippen MR) is 94.5 cm³/mol. The van der Waals surface area contributed by atoms with Gasteiger partial charge in [-0.25, -0.2) is 4.98 Å². The van der Waals surface area contributed by atoms with Crippen LogP contribution in [0, 0.1) is 11.8 Å². The summed E-state index contributed by atoms with van der Waals surface area (Å²) in [6.45, 7) is 0.136. The topological polar surface area (TPSA) is 79.3 Å². The van der Waals surface area contributed by atoms with Crippen LogP contribution in [0.5, 0.6) is 0 Å². The van der Waals surface area contributed by atoms with Crippen molar-refractivity contribution in [3.63, 3.8) is 0 Å². The van der Waals surface area contributed by atoms with Crippen molar-refractivity contribution in [2.45, 2.75) is 19.3 Å². The van der Waals surface area contributed by atoms with Crippen LogP contribution in [-0.2, 0) is 6.42 Å². The van der Waals surface area contributed by atoms with Crippen molar-refractivity contribution >= 4 is 11.7 Å². The third-order valence-corrected chi connectivity index (χ3v) is 4.64. The van der Waals surface area contributed by atoms with Gasteiger partial charge in [0.1, 0.15) is 5.69 Å². The molecule has 0 aliphatic heterocycles. The molecule has 5 heteroatoms. The minimum Gasteiger partial charge on any atom is -0.396 e. The lowest BCUT2D eigenvalue weighted by molar-refractivity contribution is 0.0958. The van der Waals surface area contributed by atoms with Gasteiger partial charge in [-0.05, 0) is 36.0 Å². The molecular weight excluding hydrogens is 316 g/mol. The zero-order valence-corrected chi connectivity index (χ0v) is 14.2. The third kappa shape index (κ3) is 4.31. The molecule has 1 aromatic carbocycles. The van der Waals surface area contributed by atoms with E-state index in [0.29, 0.717) is 24.1 Å². The first-order valence-electron chi connectivity index (χ1n) is 8.51. The molecule has 5 nitrogen and oxygen atoms in total. The number of nitrogens with one attached hydrogen (secondary N) is 1. The molecule has 0 bridgehead atoms. The number of benzene rings is 1. The number of aliphatic hydroxyl groups is 1. The lowest BCUT2D eigenvalue weighted by Gasteiger charge is -2.08. The van der Waals surface area contributed by atoms with E-state index in [-0.39, 0.29) is 35.8 Å². The maximum atomic E-state index is 12.6. The molecule has 1 aliphatic rings. The Balaban J connectivity index is 1.84. The highest BCUT2D eigenvalue weighted by Crippen LogP contribution is 2.41. The SMILES string of the molecule is CNC(=O)c1cc(C(=O)C[C@H]2C[C@@H]2CO)cc(Cc2ccccc2)n1. The second-order valence-corrected chi connectivity index (χ2v) is 6.54. The number of aromatic nitrogens is 1. The number of pyridine rings is 1. The molecule has 2 atom stereocenters. The number of carbonyl (C=O) groups excluding carboxylic acids is 2. The Bertz CT molecular complexity index is 774. The fraction of sp³-hybridized carbons (Fsp3) is 0.350. The van der Waals surface area contributed by atoms with Crippen molar-refractivity contribution in [3.05, 3.63) is 65.0 Å². The molecule has 1 heterocycles. The summed E-state index contributed by atoms with van der Waals surface area (Å²) in [5.41, 5.74) is 2.55. The van der Waals surface area contributed by atoms with E-state index in [1.165, 1.54) is 0 Å². The van der Waals surface area contributed by atoms with Crippen molar-refractivity contribution in [2.75, 3.05) is 13.7 Å². The van der Waals surface area contributed by atoms with Crippen LogP contribution in [0.4, 0.5) is 0 Å². The maximum absolute atomic E-state index is 12.6. The van der Waals surface area contributed by atoms with Gasteiger partial charge in [-0.1, -0.05) is 30.3 Å². The van der Waals surface area contributed by atoms with Gasteiger partial charge in [0.25, 0.3) is 5.91 Å². The van der Waals surface area contributed by atoms with E-state index >= 15 is 0 Å². The second kappa shape index (κ2) is 7.57. The Kier molecular flexibility index (Phi) is 5.24. The fourth-order valence-corrected chi connectivity index (χ4v) is 3.03. The molecule has 0 radical (unpaired) electrons. The number of amides is 1. The number of nitrogens with zero attached hydrogens (tertiary/aromatic N) is 1. The van der Waals surface area contributed by atoms with Crippen LogP contribution in [0.15, 0.2) is 42.5 Å². The third-order valence-electron chi connectivity index (χ3n) is 4.64. The van der Waals surface area contributed by atoms with Crippen LogP contribution in [0.2, 0.25) is 0 Å². The molecule has 2 N–H and O–H groups in total. The normalized spacial score (nSPS) is 18.6. The number of ketones is 1. The maximum Gasteiger partial charge on any atom is 0.269 e. The van der Waals surface area contributed by atoms with E-state index in [2.05, 4.69) is 10.3 Å². The van der Waals surface area contributed by atoms with Crippen LogP contribution in [-0.4, -0.2) is 35.4 Å². The lowest BCUT2D eigenvalue weighted by atomic mass is 10.0. The molecular formula is C20H22N2O3. The summed E-state index contributed by atoms with van der Waals surface area (Å²) in [5.74, 6) is 0.200. The van der Waals surface area contributed by atoms with Crippen LogP contribution < -0.4 is 5.32 Å². The predicted octanol–water partition coefficient (Wildman–Crippen LogP) is 2.23. The van der Waals surface area contributed by atoms with Gasteiger partial charge < -0.3 is 10.4 Å². The number of Topliss-reactive ketones (excluding diaryl/α,β-unsaturated/α-hetero) is 1. The number of hydrogen-bond acceptors (Lipinski definition) is 4. The van der Waals surface area contributed by atoms with E-state index in [1.54, 1.807) is 19.2 Å². The molecule has 1 amide bonds. The summed E-state index contributed by atoms with van der Waals surface area (Å²) < 4.78 is 0. The number of aliphatic hydroxyl groups excluding tert-OH is 1. The summed E-state index contributed by atoms with van der Waals surface area (Å²) in [7, 11) is 1.55. The van der Waals surface area contributed by atoms with Crippen LogP contribution in [0.25, 0.3) is 0 Å². The van der Waals surface area contributed by atoms with Crippen molar-refractivity contribution in [1.82, 2.24) is 10.3 Å². The average molecular weight is 338 g/mol. The summed E-state index contributed by atoms with van der Waals surface area (Å²) in [6.07, 6.45) is 1.87. The largest absolute Gasteiger partial charge is 0.396 e. The minimum atomic E-state index is -0.302. The van der Waals surface area contributed by atoms with Gasteiger partial charge in [0.2, 0.25) is 0 Å². The van der Waals surface area contributed by atoms with E-state index in [9.17, 15) is 9.59 Å². The number of rotatable bonds is 7. The molecule has 0 unspecified atom stereocenters. The van der Waals surface area contributed by atoms with Crippen molar-refractivity contribution in [3.8, 4) is 0 Å². The Morgan fingerprint density at radius 1 is 1.20 bits per heavy atom. The average Bonchev–Trinajstić information content (AvgIpc) is 3.39. The number of hydrogen-bond donors (Lipinski definition) is 2. The van der Waals surface area contributed by atoms with Gasteiger partial charge in [0.15, 0.2) is 5.78 Å². The van der Waals surface area contributed by atoms with Gasteiger partial charge in [-0.3, -0.25) is 9.59 Å². The molecule has 1 fully saturated rings. The molecule has 130 valence electrons. The molecule has 1 aliphatic carbocycles. The summed E-state index contributed by atoms with van der Waals surface area (Å²) in [5, 5.41) is 11.7. The van der Waals surface area contributed by atoms with E-state index in [1.807, 2.05) is 30.3 Å². The molecule has 2 aromatic rings. The highest BCUT2D eigenvalue weighted by Gasteiger charge is 2.37. The molecule has 3 rings (SSSR count). The molecule has 1 saturated carbocycles. The van der Waals surface area contributed by atoms with Crippen LogP contribution in [0.1, 0.15) is 44.9 Å². The first kappa shape index (κ1) is 17.3. The Labute approximate surface area is 147 Å². The monoisotopic (exact) mass is 338 g/mol. The van der Waals surface area contributed by atoms with E-state index in [0.717, 1.165) is 12.0 Å². The summed E-state index contributed by atoms with van der Waals surface area (Å²) in [4.78, 5) is 29.0. The molecule has 25 heavy (non-hydrogen) atoms. The van der Waals surface area contributed by atoms with Crippen molar-refractivity contribution < 1.29 is 14.7 Å². The fourth-order valence-electron chi connectivity index (χ4n) is 3.03. The smallest absolute Gasteiger partial charge is 0.269 e. The summed E-state index contributed by atoms with van der Waals surface area (Å²) in [6, 6.07) is 13.2. The Hall–Kier alpha value is -2.53. The minimum absolute atomic E-state index is 0.00261. The van der Waals surface area contributed by atoms with Crippen molar-refractivity contribution in [1.29, 1.82) is 0 Å². The zero-order valence-electron chi connectivity index (χ0n) is 14.2. The summed E-state index contributed by atoms with van der Waals surface area (Å²) >= 11 is 0. The highest BCUT2D eigenvalue weighted by atomic mass is 16.3.